The summed E-state index contributed by atoms with van der Waals surface area (Å²) in [5.74, 6) is 0.673. The van der Waals surface area contributed by atoms with Crippen molar-refractivity contribution in [3.05, 3.63) is 53.4 Å². The molecule has 0 atom stereocenters. The minimum Gasteiger partial charge on any atom is -0.355 e. The van der Waals surface area contributed by atoms with Crippen molar-refractivity contribution < 1.29 is 9.59 Å². The van der Waals surface area contributed by atoms with Crippen molar-refractivity contribution >= 4 is 11.8 Å². The Hall–Kier alpha value is -2.83. The fraction of sp³-hybridized carbons (Fsp3) is 0.450. The number of nitrogens with zero attached hydrogens (tertiary/aromatic N) is 4. The molecule has 0 bridgehead atoms. The van der Waals surface area contributed by atoms with Gasteiger partial charge in [0.25, 0.3) is 5.91 Å². The zero-order chi connectivity index (χ0) is 19.2. The second-order valence-corrected chi connectivity index (χ2v) is 6.89. The van der Waals surface area contributed by atoms with Crippen molar-refractivity contribution in [2.75, 3.05) is 19.6 Å². The van der Waals surface area contributed by atoms with E-state index in [1.807, 2.05) is 19.9 Å². The molecule has 7 nitrogen and oxygen atoms in total. The number of aryl methyl sites for hydroxylation is 2. The number of hydrogen-bond donors (Lipinski definition) is 1. The van der Waals surface area contributed by atoms with Gasteiger partial charge in [0.1, 0.15) is 11.5 Å². The third kappa shape index (κ3) is 5.09. The average Bonchev–Trinajstić information content (AvgIpc) is 2.67. The molecule has 142 valence electrons. The summed E-state index contributed by atoms with van der Waals surface area (Å²) in [6.07, 6.45) is 3.58. The second kappa shape index (κ2) is 8.70. The van der Waals surface area contributed by atoms with Crippen LogP contribution in [0.2, 0.25) is 0 Å². The maximum Gasteiger partial charge on any atom is 0.272 e. The predicted molar refractivity (Wildman–Crippen MR) is 101 cm³/mol. The Morgan fingerprint density at radius 1 is 1.15 bits per heavy atom. The summed E-state index contributed by atoms with van der Waals surface area (Å²) in [5, 5.41) is 2.98. The molecule has 1 aliphatic heterocycles. The smallest absolute Gasteiger partial charge is 0.272 e. The van der Waals surface area contributed by atoms with E-state index < -0.39 is 0 Å². The Labute approximate surface area is 159 Å². The fourth-order valence-electron chi connectivity index (χ4n) is 3.35. The van der Waals surface area contributed by atoms with Gasteiger partial charge in [-0.1, -0.05) is 6.07 Å². The van der Waals surface area contributed by atoms with Gasteiger partial charge in [-0.25, -0.2) is 9.97 Å². The van der Waals surface area contributed by atoms with Crippen LogP contribution in [0.1, 0.15) is 40.5 Å². The predicted octanol–water partition coefficient (Wildman–Crippen LogP) is 1.70. The van der Waals surface area contributed by atoms with Crippen molar-refractivity contribution in [3.8, 4) is 0 Å². The first-order valence-corrected chi connectivity index (χ1v) is 9.32. The van der Waals surface area contributed by atoms with Crippen molar-refractivity contribution in [1.29, 1.82) is 0 Å². The highest BCUT2D eigenvalue weighted by Crippen LogP contribution is 2.18. The Morgan fingerprint density at radius 2 is 1.85 bits per heavy atom. The summed E-state index contributed by atoms with van der Waals surface area (Å²) in [7, 11) is 0. The van der Waals surface area contributed by atoms with Crippen LogP contribution in [0, 0.1) is 19.8 Å². The monoisotopic (exact) mass is 367 g/mol. The molecule has 1 N–H and O–H groups in total. The second-order valence-electron chi connectivity index (χ2n) is 6.89. The third-order valence-corrected chi connectivity index (χ3v) is 4.71. The van der Waals surface area contributed by atoms with Crippen molar-refractivity contribution in [1.82, 2.24) is 25.2 Å². The number of hydrogen-bond acceptors (Lipinski definition) is 5. The highest BCUT2D eigenvalue weighted by molar-refractivity contribution is 5.92. The molecule has 0 radical (unpaired) electrons. The largest absolute Gasteiger partial charge is 0.355 e. The molecule has 0 aliphatic carbocycles. The molecular formula is C20H25N5O2. The third-order valence-electron chi connectivity index (χ3n) is 4.71. The van der Waals surface area contributed by atoms with Crippen LogP contribution in [0.3, 0.4) is 0 Å². The Bertz CT molecular complexity index is 781. The number of piperidine rings is 1. The molecule has 2 aromatic heterocycles. The van der Waals surface area contributed by atoms with Crippen LogP contribution in [0.4, 0.5) is 0 Å². The van der Waals surface area contributed by atoms with Crippen LogP contribution in [-0.2, 0) is 11.2 Å². The summed E-state index contributed by atoms with van der Waals surface area (Å²) in [4.78, 5) is 39.5. The number of rotatable bonds is 5. The fourth-order valence-corrected chi connectivity index (χ4v) is 3.35. The Balaban J connectivity index is 1.44. The van der Waals surface area contributed by atoms with E-state index in [0.717, 1.165) is 17.2 Å². The zero-order valence-electron chi connectivity index (χ0n) is 15.8. The summed E-state index contributed by atoms with van der Waals surface area (Å²) in [6.45, 7) is 5.56. The molecule has 27 heavy (non-hydrogen) atoms. The summed E-state index contributed by atoms with van der Waals surface area (Å²) in [6, 6.07) is 7.24. The van der Waals surface area contributed by atoms with Crippen LogP contribution in [0.15, 0.2) is 30.5 Å². The lowest BCUT2D eigenvalue weighted by atomic mass is 9.95. The highest BCUT2D eigenvalue weighted by atomic mass is 16.2. The average molecular weight is 367 g/mol. The van der Waals surface area contributed by atoms with E-state index in [9.17, 15) is 9.59 Å². The number of pyridine rings is 1. The molecule has 1 saturated heterocycles. The van der Waals surface area contributed by atoms with Gasteiger partial charge in [0.15, 0.2) is 0 Å². The standard InChI is InChI=1S/C20H25N5O2/c1-14-13-15(2)24-18(23-14)6-10-22-19(26)16-7-11-25(12-8-16)20(27)17-5-3-4-9-21-17/h3-5,9,13,16H,6-8,10-12H2,1-2H3,(H,22,26). The minimum atomic E-state index is -0.0681. The molecule has 0 aromatic carbocycles. The van der Waals surface area contributed by atoms with E-state index in [4.69, 9.17) is 0 Å². The summed E-state index contributed by atoms with van der Waals surface area (Å²) in [5.41, 5.74) is 2.33. The van der Waals surface area contributed by atoms with Crippen LogP contribution in [-0.4, -0.2) is 51.3 Å². The van der Waals surface area contributed by atoms with E-state index in [1.165, 1.54) is 0 Å². The molecular weight excluding hydrogens is 342 g/mol. The number of likely N-dealkylation sites (tertiary alicyclic amines) is 1. The molecule has 1 fully saturated rings. The van der Waals surface area contributed by atoms with Gasteiger partial charge in [-0.2, -0.15) is 0 Å². The van der Waals surface area contributed by atoms with Gasteiger partial charge in [0.2, 0.25) is 5.91 Å². The molecule has 3 heterocycles. The van der Waals surface area contributed by atoms with Crippen LogP contribution in [0.25, 0.3) is 0 Å². The SMILES string of the molecule is Cc1cc(C)nc(CCNC(=O)C2CCN(C(=O)c3ccccn3)CC2)n1. The number of aromatic nitrogens is 3. The first-order chi connectivity index (χ1) is 13.0. The van der Waals surface area contributed by atoms with Gasteiger partial charge in [-0.15, -0.1) is 0 Å². The van der Waals surface area contributed by atoms with Crippen molar-refractivity contribution in [2.45, 2.75) is 33.1 Å². The van der Waals surface area contributed by atoms with Crippen LogP contribution >= 0.6 is 0 Å². The van der Waals surface area contributed by atoms with E-state index >= 15 is 0 Å². The Morgan fingerprint density at radius 3 is 2.48 bits per heavy atom. The molecule has 2 aromatic rings. The molecule has 0 unspecified atom stereocenters. The number of nitrogens with one attached hydrogen (secondary N) is 1. The number of carbonyl (C=O) groups excluding carboxylic acids is 2. The normalized spacial score (nSPS) is 14.8. The lowest BCUT2D eigenvalue weighted by molar-refractivity contribution is -0.126. The van der Waals surface area contributed by atoms with Gasteiger partial charge in [0, 0.05) is 49.6 Å². The van der Waals surface area contributed by atoms with E-state index in [-0.39, 0.29) is 17.7 Å². The van der Waals surface area contributed by atoms with Crippen molar-refractivity contribution in [3.63, 3.8) is 0 Å². The highest BCUT2D eigenvalue weighted by Gasteiger charge is 2.28. The molecule has 7 heteroatoms. The lowest BCUT2D eigenvalue weighted by Gasteiger charge is -2.31. The molecule has 3 rings (SSSR count). The quantitative estimate of drug-likeness (QED) is 0.869. The molecule has 0 spiro atoms. The lowest BCUT2D eigenvalue weighted by Crippen LogP contribution is -2.43. The van der Waals surface area contributed by atoms with Gasteiger partial charge in [0.05, 0.1) is 0 Å². The van der Waals surface area contributed by atoms with E-state index in [0.29, 0.717) is 44.6 Å². The number of amides is 2. The zero-order valence-corrected chi connectivity index (χ0v) is 15.8. The van der Waals surface area contributed by atoms with Gasteiger partial charge >= 0.3 is 0 Å². The topological polar surface area (TPSA) is 88.1 Å². The first-order valence-electron chi connectivity index (χ1n) is 9.32. The maximum absolute atomic E-state index is 12.4. The van der Waals surface area contributed by atoms with Gasteiger partial charge in [-0.3, -0.25) is 14.6 Å². The maximum atomic E-state index is 12.4. The summed E-state index contributed by atoms with van der Waals surface area (Å²) < 4.78 is 0. The van der Waals surface area contributed by atoms with E-state index in [1.54, 1.807) is 29.3 Å². The summed E-state index contributed by atoms with van der Waals surface area (Å²) >= 11 is 0. The van der Waals surface area contributed by atoms with Crippen molar-refractivity contribution in [2.24, 2.45) is 5.92 Å². The molecule has 0 saturated carbocycles. The Kier molecular flexibility index (Phi) is 6.11. The van der Waals surface area contributed by atoms with E-state index in [2.05, 4.69) is 20.3 Å². The van der Waals surface area contributed by atoms with Gasteiger partial charge in [-0.05, 0) is 44.9 Å². The number of carbonyl (C=O) groups is 2. The first kappa shape index (κ1) is 18.9. The molecule has 1 aliphatic rings. The van der Waals surface area contributed by atoms with Gasteiger partial charge < -0.3 is 10.2 Å². The molecule has 2 amide bonds. The minimum absolute atomic E-state index is 0.0457. The van der Waals surface area contributed by atoms with Crippen LogP contribution < -0.4 is 5.32 Å². The van der Waals surface area contributed by atoms with Crippen LogP contribution in [0.5, 0.6) is 0 Å².